The first kappa shape index (κ1) is 14.0. The van der Waals surface area contributed by atoms with Crippen LogP contribution in [0.25, 0.3) is 0 Å². The molecule has 98 valence electrons. The second kappa shape index (κ2) is 6.64. The van der Waals surface area contributed by atoms with E-state index < -0.39 is 5.97 Å². The SMILES string of the molecule is CC[C@@H](C)NC(=O)COc1ccccc1C(=O)O. The van der Waals surface area contributed by atoms with Gasteiger partial charge in [-0.15, -0.1) is 0 Å². The Bertz CT molecular complexity index is 431. The second-order valence-electron chi connectivity index (χ2n) is 3.97. The highest BCUT2D eigenvalue weighted by atomic mass is 16.5. The van der Waals surface area contributed by atoms with Crippen molar-refractivity contribution < 1.29 is 19.4 Å². The molecule has 0 spiro atoms. The molecule has 0 saturated heterocycles. The Labute approximate surface area is 106 Å². The smallest absolute Gasteiger partial charge is 0.339 e. The Balaban J connectivity index is 2.58. The van der Waals surface area contributed by atoms with Gasteiger partial charge in [0.05, 0.1) is 0 Å². The largest absolute Gasteiger partial charge is 0.483 e. The third kappa shape index (κ3) is 4.08. The van der Waals surface area contributed by atoms with Gasteiger partial charge < -0.3 is 15.2 Å². The first-order valence-corrected chi connectivity index (χ1v) is 5.79. The van der Waals surface area contributed by atoms with E-state index in [-0.39, 0.29) is 29.9 Å². The Hall–Kier alpha value is -2.04. The van der Waals surface area contributed by atoms with E-state index in [1.54, 1.807) is 12.1 Å². The third-order valence-electron chi connectivity index (χ3n) is 2.50. The molecule has 0 bridgehead atoms. The zero-order valence-corrected chi connectivity index (χ0v) is 10.5. The zero-order valence-electron chi connectivity index (χ0n) is 10.5. The average Bonchev–Trinajstić information content (AvgIpc) is 2.36. The van der Waals surface area contributed by atoms with Crippen LogP contribution in [0.3, 0.4) is 0 Å². The minimum Gasteiger partial charge on any atom is -0.483 e. The summed E-state index contributed by atoms with van der Waals surface area (Å²) in [5.74, 6) is -1.14. The van der Waals surface area contributed by atoms with E-state index >= 15 is 0 Å². The summed E-state index contributed by atoms with van der Waals surface area (Å²) < 4.78 is 5.21. The summed E-state index contributed by atoms with van der Waals surface area (Å²) in [6.45, 7) is 3.67. The summed E-state index contributed by atoms with van der Waals surface area (Å²) in [6, 6.07) is 6.31. The number of carboxylic acid groups (broad SMARTS) is 1. The molecule has 1 aromatic rings. The monoisotopic (exact) mass is 251 g/mol. The van der Waals surface area contributed by atoms with Crippen molar-refractivity contribution in [1.29, 1.82) is 0 Å². The summed E-state index contributed by atoms with van der Waals surface area (Å²) >= 11 is 0. The lowest BCUT2D eigenvalue weighted by atomic mass is 10.2. The van der Waals surface area contributed by atoms with Crippen molar-refractivity contribution in [3.63, 3.8) is 0 Å². The van der Waals surface area contributed by atoms with Crippen LogP contribution in [0.2, 0.25) is 0 Å². The minimum absolute atomic E-state index is 0.0499. The summed E-state index contributed by atoms with van der Waals surface area (Å²) in [4.78, 5) is 22.4. The van der Waals surface area contributed by atoms with Gasteiger partial charge in [-0.25, -0.2) is 4.79 Å². The predicted molar refractivity (Wildman–Crippen MR) is 66.8 cm³/mol. The molecule has 0 saturated carbocycles. The van der Waals surface area contributed by atoms with Crippen LogP contribution in [0.1, 0.15) is 30.6 Å². The van der Waals surface area contributed by atoms with Crippen molar-refractivity contribution >= 4 is 11.9 Å². The van der Waals surface area contributed by atoms with Crippen molar-refractivity contribution in [2.75, 3.05) is 6.61 Å². The zero-order chi connectivity index (χ0) is 13.5. The molecule has 0 heterocycles. The minimum atomic E-state index is -1.08. The van der Waals surface area contributed by atoms with Crippen LogP contribution >= 0.6 is 0 Å². The van der Waals surface area contributed by atoms with Crippen molar-refractivity contribution in [2.45, 2.75) is 26.3 Å². The van der Waals surface area contributed by atoms with Crippen LogP contribution in [-0.2, 0) is 4.79 Å². The molecule has 0 unspecified atom stereocenters. The molecule has 1 rings (SSSR count). The van der Waals surface area contributed by atoms with Crippen molar-refractivity contribution in [2.24, 2.45) is 0 Å². The van der Waals surface area contributed by atoms with Crippen molar-refractivity contribution in [3.05, 3.63) is 29.8 Å². The van der Waals surface area contributed by atoms with E-state index in [2.05, 4.69) is 5.32 Å². The first-order valence-electron chi connectivity index (χ1n) is 5.79. The number of para-hydroxylation sites is 1. The molecular formula is C13H17NO4. The van der Waals surface area contributed by atoms with Gasteiger partial charge in [0.15, 0.2) is 6.61 Å². The van der Waals surface area contributed by atoms with Crippen LogP contribution in [-0.4, -0.2) is 29.6 Å². The molecule has 5 heteroatoms. The molecule has 1 atom stereocenters. The van der Waals surface area contributed by atoms with Crippen LogP contribution in [0.5, 0.6) is 5.75 Å². The fourth-order valence-corrected chi connectivity index (χ4v) is 1.33. The number of hydrogen-bond donors (Lipinski definition) is 2. The van der Waals surface area contributed by atoms with E-state index in [1.165, 1.54) is 12.1 Å². The number of carbonyl (C=O) groups excluding carboxylic acids is 1. The van der Waals surface area contributed by atoms with E-state index in [4.69, 9.17) is 9.84 Å². The van der Waals surface area contributed by atoms with Gasteiger partial charge in [-0.2, -0.15) is 0 Å². The van der Waals surface area contributed by atoms with Crippen molar-refractivity contribution in [1.82, 2.24) is 5.32 Å². The number of carboxylic acids is 1. The molecule has 1 aromatic carbocycles. The molecule has 0 aliphatic heterocycles. The van der Waals surface area contributed by atoms with Gasteiger partial charge in [0, 0.05) is 6.04 Å². The van der Waals surface area contributed by atoms with Gasteiger partial charge in [0.1, 0.15) is 11.3 Å². The van der Waals surface area contributed by atoms with E-state index in [9.17, 15) is 9.59 Å². The fraction of sp³-hybridized carbons (Fsp3) is 0.385. The maximum Gasteiger partial charge on any atom is 0.339 e. The predicted octanol–water partition coefficient (Wildman–Crippen LogP) is 1.68. The number of rotatable bonds is 6. The van der Waals surface area contributed by atoms with Gasteiger partial charge in [0.25, 0.3) is 5.91 Å². The number of benzene rings is 1. The Morgan fingerprint density at radius 1 is 1.39 bits per heavy atom. The summed E-state index contributed by atoms with van der Waals surface area (Å²) in [5, 5.41) is 11.7. The van der Waals surface area contributed by atoms with Gasteiger partial charge in [0.2, 0.25) is 0 Å². The number of ether oxygens (including phenoxy) is 1. The highest BCUT2D eigenvalue weighted by Gasteiger charge is 2.12. The molecule has 0 radical (unpaired) electrons. The van der Waals surface area contributed by atoms with Crippen molar-refractivity contribution in [3.8, 4) is 5.75 Å². The molecule has 2 N–H and O–H groups in total. The molecule has 0 fully saturated rings. The number of aromatic carboxylic acids is 1. The van der Waals surface area contributed by atoms with E-state index in [0.29, 0.717) is 0 Å². The molecular weight excluding hydrogens is 234 g/mol. The molecule has 0 aromatic heterocycles. The Kier molecular flexibility index (Phi) is 5.17. The highest BCUT2D eigenvalue weighted by Crippen LogP contribution is 2.17. The van der Waals surface area contributed by atoms with Gasteiger partial charge in [-0.05, 0) is 25.5 Å². The lowest BCUT2D eigenvalue weighted by Crippen LogP contribution is -2.35. The standard InChI is InChI=1S/C13H17NO4/c1-3-9(2)14-12(15)8-18-11-7-5-4-6-10(11)13(16)17/h4-7,9H,3,8H2,1-2H3,(H,14,15)(H,16,17)/t9-/m1/s1. The number of carbonyl (C=O) groups is 2. The quantitative estimate of drug-likeness (QED) is 0.806. The summed E-state index contributed by atoms with van der Waals surface area (Å²) in [7, 11) is 0. The second-order valence-corrected chi connectivity index (χ2v) is 3.97. The van der Waals surface area contributed by atoms with Gasteiger partial charge in [-0.3, -0.25) is 4.79 Å². The van der Waals surface area contributed by atoms with E-state index in [1.807, 2.05) is 13.8 Å². The van der Waals surface area contributed by atoms with Gasteiger partial charge >= 0.3 is 5.97 Å². The Morgan fingerprint density at radius 2 is 2.06 bits per heavy atom. The maximum absolute atomic E-state index is 11.5. The number of nitrogens with one attached hydrogen (secondary N) is 1. The first-order chi connectivity index (χ1) is 8.54. The van der Waals surface area contributed by atoms with Gasteiger partial charge in [-0.1, -0.05) is 19.1 Å². The topological polar surface area (TPSA) is 75.6 Å². The molecule has 18 heavy (non-hydrogen) atoms. The maximum atomic E-state index is 11.5. The third-order valence-corrected chi connectivity index (χ3v) is 2.50. The fourth-order valence-electron chi connectivity index (χ4n) is 1.33. The van der Waals surface area contributed by atoms with E-state index in [0.717, 1.165) is 6.42 Å². The molecule has 0 aliphatic rings. The normalized spacial score (nSPS) is 11.7. The number of amides is 1. The lowest BCUT2D eigenvalue weighted by molar-refractivity contribution is -0.123. The van der Waals surface area contributed by atoms with Crippen LogP contribution in [0.15, 0.2) is 24.3 Å². The Morgan fingerprint density at radius 3 is 2.67 bits per heavy atom. The molecule has 5 nitrogen and oxygen atoms in total. The average molecular weight is 251 g/mol. The van der Waals surface area contributed by atoms with Crippen LogP contribution in [0, 0.1) is 0 Å². The number of hydrogen-bond acceptors (Lipinski definition) is 3. The summed E-state index contributed by atoms with van der Waals surface area (Å²) in [5.41, 5.74) is 0.0499. The lowest BCUT2D eigenvalue weighted by Gasteiger charge is -2.12. The highest BCUT2D eigenvalue weighted by molar-refractivity contribution is 5.91. The van der Waals surface area contributed by atoms with Crippen LogP contribution < -0.4 is 10.1 Å². The molecule has 0 aliphatic carbocycles. The van der Waals surface area contributed by atoms with Crippen LogP contribution in [0.4, 0.5) is 0 Å². The molecule has 1 amide bonds. The summed E-state index contributed by atoms with van der Waals surface area (Å²) in [6.07, 6.45) is 0.831.